The minimum atomic E-state index is -0.526. The Balaban J connectivity index is 1.29. The monoisotopic (exact) mass is 467 g/mol. The van der Waals surface area contributed by atoms with Crippen LogP contribution in [-0.2, 0) is 6.54 Å². The second kappa shape index (κ2) is 8.80. The summed E-state index contributed by atoms with van der Waals surface area (Å²) in [5.41, 5.74) is 0.645. The van der Waals surface area contributed by atoms with Gasteiger partial charge in [0.25, 0.3) is 11.5 Å². The van der Waals surface area contributed by atoms with E-state index in [4.69, 9.17) is 0 Å². The lowest BCUT2D eigenvalue weighted by Crippen LogP contribution is -2.48. The van der Waals surface area contributed by atoms with Gasteiger partial charge in [-0.05, 0) is 24.3 Å². The zero-order valence-corrected chi connectivity index (χ0v) is 18.3. The molecule has 0 aliphatic carbocycles. The van der Waals surface area contributed by atoms with Gasteiger partial charge in [-0.25, -0.2) is 13.8 Å². The average molecular weight is 468 g/mol. The van der Waals surface area contributed by atoms with Crippen LogP contribution in [0.1, 0.15) is 16.1 Å². The lowest BCUT2D eigenvalue weighted by molar-refractivity contribution is 0.0622. The zero-order valence-electron chi connectivity index (χ0n) is 17.4. The van der Waals surface area contributed by atoms with Gasteiger partial charge in [-0.2, -0.15) is 9.61 Å². The summed E-state index contributed by atoms with van der Waals surface area (Å²) in [7, 11) is 0. The van der Waals surface area contributed by atoms with Gasteiger partial charge >= 0.3 is 0 Å². The fraction of sp³-hybridized carbons (Fsp3) is 0.217. The average Bonchev–Trinajstić information content (AvgIpc) is 3.24. The van der Waals surface area contributed by atoms with E-state index in [0.29, 0.717) is 53.9 Å². The van der Waals surface area contributed by atoms with Crippen LogP contribution in [0, 0.1) is 11.6 Å². The van der Waals surface area contributed by atoms with Crippen molar-refractivity contribution in [3.05, 3.63) is 87.8 Å². The first-order chi connectivity index (χ1) is 16.0. The summed E-state index contributed by atoms with van der Waals surface area (Å²) < 4.78 is 29.2. The summed E-state index contributed by atoms with van der Waals surface area (Å²) >= 11 is 1.15. The number of fused-ring (bicyclic) bond motifs is 1. The number of carbonyl (C=O) groups is 1. The van der Waals surface area contributed by atoms with Crippen molar-refractivity contribution in [1.82, 2.24) is 24.4 Å². The lowest BCUT2D eigenvalue weighted by Gasteiger charge is -2.34. The Kier molecular flexibility index (Phi) is 5.69. The molecule has 2 aromatic heterocycles. The number of hydrogen-bond acceptors (Lipinski definition) is 6. The molecular weight excluding hydrogens is 448 g/mol. The van der Waals surface area contributed by atoms with Gasteiger partial charge in [0.1, 0.15) is 11.6 Å². The van der Waals surface area contributed by atoms with Gasteiger partial charge in [-0.15, -0.1) is 0 Å². The SMILES string of the molecule is O=C(c1ccccc1F)N1CCN(Cc2cc(=O)n3nc(-c4ccccc4F)sc3n2)CC1. The molecule has 0 unspecified atom stereocenters. The Hall–Kier alpha value is -3.50. The van der Waals surface area contributed by atoms with Crippen molar-refractivity contribution in [3.63, 3.8) is 0 Å². The number of halogens is 2. The molecule has 0 N–H and O–H groups in total. The van der Waals surface area contributed by atoms with E-state index in [9.17, 15) is 18.4 Å². The molecule has 0 saturated carbocycles. The topological polar surface area (TPSA) is 70.8 Å². The summed E-state index contributed by atoms with van der Waals surface area (Å²) in [5, 5.41) is 4.61. The molecule has 4 aromatic rings. The van der Waals surface area contributed by atoms with Gasteiger partial charge in [0.2, 0.25) is 4.96 Å². The third-order valence-electron chi connectivity index (χ3n) is 5.55. The standard InChI is InChI=1S/C23H19F2N5O2S/c24-18-7-3-1-5-16(18)21-27-30-20(31)13-15(26-23(30)33-21)14-28-9-11-29(12-10-28)22(32)17-6-2-4-8-19(17)25/h1-8,13H,9-12,14H2. The van der Waals surface area contributed by atoms with Crippen molar-refractivity contribution in [1.29, 1.82) is 0 Å². The summed E-state index contributed by atoms with van der Waals surface area (Å²) in [6.07, 6.45) is 0. The molecule has 1 aliphatic heterocycles. The summed E-state index contributed by atoms with van der Waals surface area (Å²) in [5.74, 6) is -1.26. The Labute approximate surface area is 191 Å². The molecule has 1 amide bonds. The van der Waals surface area contributed by atoms with Crippen LogP contribution < -0.4 is 5.56 Å². The molecule has 0 spiro atoms. The van der Waals surface area contributed by atoms with Crippen LogP contribution in [0.25, 0.3) is 15.5 Å². The number of benzene rings is 2. The van der Waals surface area contributed by atoms with E-state index in [1.807, 2.05) is 0 Å². The third-order valence-corrected chi connectivity index (χ3v) is 6.49. The highest BCUT2D eigenvalue weighted by Crippen LogP contribution is 2.26. The number of piperazine rings is 1. The maximum absolute atomic E-state index is 14.1. The minimum absolute atomic E-state index is 0.0712. The fourth-order valence-corrected chi connectivity index (χ4v) is 4.77. The van der Waals surface area contributed by atoms with E-state index in [1.165, 1.54) is 28.8 Å². The summed E-state index contributed by atoms with van der Waals surface area (Å²) in [6.45, 7) is 2.48. The summed E-state index contributed by atoms with van der Waals surface area (Å²) in [4.78, 5) is 33.8. The van der Waals surface area contributed by atoms with Gasteiger partial charge in [0, 0.05) is 44.4 Å². The van der Waals surface area contributed by atoms with Gasteiger partial charge in [-0.3, -0.25) is 14.5 Å². The third kappa shape index (κ3) is 4.27. The van der Waals surface area contributed by atoms with Crippen LogP contribution in [-0.4, -0.2) is 56.5 Å². The van der Waals surface area contributed by atoms with E-state index in [2.05, 4.69) is 15.0 Å². The highest BCUT2D eigenvalue weighted by Gasteiger charge is 2.24. The second-order valence-electron chi connectivity index (χ2n) is 7.72. The van der Waals surface area contributed by atoms with Crippen LogP contribution in [0.4, 0.5) is 8.78 Å². The lowest BCUT2D eigenvalue weighted by atomic mass is 10.1. The van der Waals surface area contributed by atoms with Crippen LogP contribution in [0.15, 0.2) is 59.4 Å². The normalized spacial score (nSPS) is 14.7. The van der Waals surface area contributed by atoms with E-state index < -0.39 is 11.6 Å². The first kappa shape index (κ1) is 21.4. The van der Waals surface area contributed by atoms with Crippen molar-refractivity contribution >= 4 is 22.2 Å². The molecular formula is C23H19F2N5O2S. The van der Waals surface area contributed by atoms with Gasteiger partial charge in [0.05, 0.1) is 11.3 Å². The van der Waals surface area contributed by atoms with Gasteiger partial charge in [-0.1, -0.05) is 35.6 Å². The van der Waals surface area contributed by atoms with Crippen molar-refractivity contribution in [2.45, 2.75) is 6.54 Å². The molecule has 1 fully saturated rings. The maximum Gasteiger partial charge on any atom is 0.275 e. The number of rotatable bonds is 4. The molecule has 3 heterocycles. The molecule has 168 valence electrons. The Morgan fingerprint density at radius 3 is 2.39 bits per heavy atom. The molecule has 1 aliphatic rings. The molecule has 0 bridgehead atoms. The number of amides is 1. The largest absolute Gasteiger partial charge is 0.336 e. The van der Waals surface area contributed by atoms with Crippen LogP contribution in [0.3, 0.4) is 0 Å². The molecule has 10 heteroatoms. The fourth-order valence-electron chi connectivity index (χ4n) is 3.82. The molecule has 2 aromatic carbocycles. The van der Waals surface area contributed by atoms with Gasteiger partial charge in [0.15, 0.2) is 5.01 Å². The predicted octanol–water partition coefficient (Wildman–Crippen LogP) is 3.05. The number of hydrogen-bond donors (Lipinski definition) is 0. The maximum atomic E-state index is 14.1. The van der Waals surface area contributed by atoms with Gasteiger partial charge < -0.3 is 4.90 Å². The van der Waals surface area contributed by atoms with E-state index in [-0.39, 0.29) is 17.0 Å². The van der Waals surface area contributed by atoms with E-state index in [1.54, 1.807) is 35.2 Å². The smallest absolute Gasteiger partial charge is 0.275 e. The number of carbonyl (C=O) groups excluding carboxylic acids is 1. The molecule has 33 heavy (non-hydrogen) atoms. The Morgan fingerprint density at radius 1 is 0.970 bits per heavy atom. The highest BCUT2D eigenvalue weighted by atomic mass is 32.1. The van der Waals surface area contributed by atoms with Crippen molar-refractivity contribution < 1.29 is 13.6 Å². The second-order valence-corrected chi connectivity index (χ2v) is 8.67. The first-order valence-electron chi connectivity index (χ1n) is 10.4. The van der Waals surface area contributed by atoms with Crippen LogP contribution in [0.2, 0.25) is 0 Å². The minimum Gasteiger partial charge on any atom is -0.336 e. The zero-order chi connectivity index (χ0) is 22.9. The van der Waals surface area contributed by atoms with Crippen LogP contribution in [0.5, 0.6) is 0 Å². The summed E-state index contributed by atoms with van der Waals surface area (Å²) in [6, 6.07) is 13.7. The first-order valence-corrected chi connectivity index (χ1v) is 11.2. The van der Waals surface area contributed by atoms with E-state index >= 15 is 0 Å². The quantitative estimate of drug-likeness (QED) is 0.462. The van der Waals surface area contributed by atoms with Crippen molar-refractivity contribution in [3.8, 4) is 10.6 Å². The van der Waals surface area contributed by atoms with Crippen LogP contribution >= 0.6 is 11.3 Å². The molecule has 7 nitrogen and oxygen atoms in total. The molecule has 5 rings (SSSR count). The van der Waals surface area contributed by atoms with E-state index in [0.717, 1.165) is 11.3 Å². The number of nitrogens with zero attached hydrogens (tertiary/aromatic N) is 5. The Morgan fingerprint density at radius 2 is 1.67 bits per heavy atom. The predicted molar refractivity (Wildman–Crippen MR) is 120 cm³/mol. The molecule has 0 radical (unpaired) electrons. The number of aromatic nitrogens is 3. The molecule has 1 saturated heterocycles. The van der Waals surface area contributed by atoms with Crippen molar-refractivity contribution in [2.24, 2.45) is 0 Å². The Bertz CT molecular complexity index is 1400. The highest BCUT2D eigenvalue weighted by molar-refractivity contribution is 7.19. The molecule has 0 atom stereocenters. The van der Waals surface area contributed by atoms with Crippen molar-refractivity contribution in [2.75, 3.05) is 26.2 Å².